The lowest BCUT2D eigenvalue weighted by atomic mass is 10.1. The third-order valence-electron chi connectivity index (χ3n) is 3.60. The first-order valence-corrected chi connectivity index (χ1v) is 8.54. The van der Waals surface area contributed by atoms with E-state index >= 15 is 0 Å². The molecule has 0 aliphatic rings. The molecule has 8 heteroatoms. The van der Waals surface area contributed by atoms with E-state index in [0.717, 1.165) is 0 Å². The Morgan fingerprint density at radius 3 is 2.36 bits per heavy atom. The molecule has 0 heterocycles. The van der Waals surface area contributed by atoms with E-state index in [2.05, 4.69) is 4.98 Å². The lowest BCUT2D eigenvalue weighted by molar-refractivity contribution is -0.264. The molecule has 3 aromatic carbocycles. The van der Waals surface area contributed by atoms with Crippen LogP contribution in [0.25, 0.3) is 15.7 Å². The summed E-state index contributed by atoms with van der Waals surface area (Å²) in [7, 11) is -2.82. The summed E-state index contributed by atoms with van der Waals surface area (Å²) in [4.78, 5) is 2.72. The van der Waals surface area contributed by atoms with Crippen LogP contribution < -0.4 is 14.0 Å². The van der Waals surface area contributed by atoms with Crippen LogP contribution in [0.4, 0.5) is 5.69 Å². The normalized spacial score (nSPS) is 11.0. The summed E-state index contributed by atoms with van der Waals surface area (Å²) in [5, 5.41) is 21.3. The van der Waals surface area contributed by atoms with Crippen LogP contribution in [0.5, 0.6) is 17.2 Å². The molecule has 0 spiro atoms. The van der Waals surface area contributed by atoms with Crippen LogP contribution in [-0.4, -0.2) is 15.5 Å². The van der Waals surface area contributed by atoms with Gasteiger partial charge in [-0.05, 0) is 35.4 Å². The molecule has 0 saturated carbocycles. The van der Waals surface area contributed by atoms with Crippen molar-refractivity contribution < 1.29 is 22.4 Å². The smallest absolute Gasteiger partial charge is 0.378 e. The van der Waals surface area contributed by atoms with Gasteiger partial charge in [0.15, 0.2) is 16.5 Å². The van der Waals surface area contributed by atoms with E-state index in [-0.39, 0.29) is 32.9 Å². The molecule has 0 saturated heterocycles. The Morgan fingerprint density at radius 2 is 1.68 bits per heavy atom. The highest BCUT2D eigenvalue weighted by molar-refractivity contribution is 7.87. The Hall–Kier alpha value is -3.31. The van der Waals surface area contributed by atoms with Crippen molar-refractivity contribution >= 4 is 26.6 Å². The average Bonchev–Trinajstić information content (AvgIpc) is 2.62. The number of benzene rings is 3. The predicted molar refractivity (Wildman–Crippen MR) is 88.9 cm³/mol. The first kappa shape index (κ1) is 16.5. The molecule has 3 rings (SSSR count). The zero-order valence-electron chi connectivity index (χ0n) is 13.0. The maximum atomic E-state index is 12.7. The van der Waals surface area contributed by atoms with Gasteiger partial charge in [-0.2, -0.15) is 8.42 Å². The zero-order valence-corrected chi connectivity index (χ0v) is 13.9. The third-order valence-corrected chi connectivity index (χ3v) is 4.89. The third kappa shape index (κ3) is 2.93. The molecule has 0 aliphatic heterocycles. The van der Waals surface area contributed by atoms with E-state index in [1.54, 1.807) is 18.2 Å². The van der Waals surface area contributed by atoms with E-state index in [0.29, 0.717) is 0 Å². The molecule has 0 fully saturated rings. The molecule has 0 unspecified atom stereocenters. The minimum absolute atomic E-state index is 0.0336. The van der Waals surface area contributed by atoms with Crippen LogP contribution in [0.15, 0.2) is 59.5 Å². The molecule has 0 atom stereocenters. The summed E-state index contributed by atoms with van der Waals surface area (Å²) < 4.78 is 35.7. The van der Waals surface area contributed by atoms with Crippen molar-refractivity contribution in [3.63, 3.8) is 0 Å². The Bertz CT molecular complexity index is 1100. The van der Waals surface area contributed by atoms with Gasteiger partial charge >= 0.3 is 15.8 Å². The fourth-order valence-corrected chi connectivity index (χ4v) is 3.59. The summed E-state index contributed by atoms with van der Waals surface area (Å²) in [5.74, 6) is -0.280. The van der Waals surface area contributed by atoms with Gasteiger partial charge in [-0.25, -0.2) is 0 Å². The summed E-state index contributed by atoms with van der Waals surface area (Å²) >= 11 is 0. The molecule has 3 aromatic rings. The van der Waals surface area contributed by atoms with Gasteiger partial charge in [-0.1, -0.05) is 24.3 Å². The van der Waals surface area contributed by atoms with Gasteiger partial charge in [0.1, 0.15) is 4.90 Å². The molecule has 0 aromatic heterocycles. The van der Waals surface area contributed by atoms with Gasteiger partial charge < -0.3 is 14.0 Å². The second-order valence-electron chi connectivity index (χ2n) is 5.05. The van der Waals surface area contributed by atoms with Gasteiger partial charge in [0.05, 0.1) is 7.11 Å². The van der Waals surface area contributed by atoms with Crippen LogP contribution in [0.2, 0.25) is 0 Å². The number of diazo groups is 1. The second-order valence-corrected chi connectivity index (χ2v) is 6.57. The molecule has 0 amide bonds. The summed E-state index contributed by atoms with van der Waals surface area (Å²) in [6.07, 6.45) is 0. The van der Waals surface area contributed by atoms with Gasteiger partial charge in [0.2, 0.25) is 5.39 Å². The van der Waals surface area contributed by atoms with E-state index in [9.17, 15) is 13.5 Å². The van der Waals surface area contributed by atoms with E-state index < -0.39 is 15.9 Å². The van der Waals surface area contributed by atoms with Crippen LogP contribution in [0.1, 0.15) is 0 Å². The highest BCUT2D eigenvalue weighted by atomic mass is 32.2. The first-order valence-electron chi connectivity index (χ1n) is 7.13. The van der Waals surface area contributed by atoms with Gasteiger partial charge in [0, 0.05) is 11.5 Å². The summed E-state index contributed by atoms with van der Waals surface area (Å²) in [5.41, 5.74) is -0.173. The number of hydrogen-bond acceptors (Lipinski definition) is 6. The molecule has 0 bridgehead atoms. The largest absolute Gasteiger partial charge is 0.867 e. The van der Waals surface area contributed by atoms with Gasteiger partial charge in [-0.15, -0.1) is 0 Å². The Balaban J connectivity index is 2.15. The monoisotopic (exact) mass is 356 g/mol. The lowest BCUT2D eigenvalue weighted by Gasteiger charge is -2.13. The number of methoxy groups -OCH3 is 1. The highest BCUT2D eigenvalue weighted by Crippen LogP contribution is 2.36. The Labute approximate surface area is 143 Å². The maximum Gasteiger partial charge on any atom is 0.378 e. The molecule has 0 N–H and O–H groups in total. The molecular weight excluding hydrogens is 344 g/mol. The SMILES string of the molecule is COc1ccccc1OS(=O)(=O)c1cccc2c([O-])c([N+]#N)ccc12. The van der Waals surface area contributed by atoms with Crippen molar-refractivity contribution in [1.29, 1.82) is 5.39 Å². The van der Waals surface area contributed by atoms with Crippen LogP contribution >= 0.6 is 0 Å². The minimum Gasteiger partial charge on any atom is -0.867 e. The number of nitrogens with zero attached hydrogens (tertiary/aromatic N) is 2. The van der Waals surface area contributed by atoms with E-state index in [1.807, 2.05) is 0 Å². The zero-order chi connectivity index (χ0) is 18.0. The van der Waals surface area contributed by atoms with E-state index in [4.69, 9.17) is 14.3 Å². The van der Waals surface area contributed by atoms with Crippen LogP contribution in [-0.2, 0) is 10.1 Å². The first-order chi connectivity index (χ1) is 12.0. The topological polar surface area (TPSA) is 104 Å². The highest BCUT2D eigenvalue weighted by Gasteiger charge is 2.23. The van der Waals surface area contributed by atoms with E-state index in [1.165, 1.54) is 43.5 Å². The summed E-state index contributed by atoms with van der Waals surface area (Å²) in [6.45, 7) is 0. The molecule has 126 valence electrons. The van der Waals surface area contributed by atoms with Crippen molar-refractivity contribution in [2.45, 2.75) is 4.90 Å². The fraction of sp³-hybridized carbons (Fsp3) is 0.0588. The second kappa shape index (κ2) is 6.30. The fourth-order valence-electron chi connectivity index (χ4n) is 2.44. The Morgan fingerprint density at radius 1 is 0.960 bits per heavy atom. The average molecular weight is 356 g/mol. The lowest BCUT2D eigenvalue weighted by Crippen LogP contribution is -2.11. The maximum absolute atomic E-state index is 12.7. The standard InChI is InChI=1S/C17H12N2O5S/c1-23-14-6-2-3-7-15(14)24-25(21,22)16-8-4-5-12-11(16)9-10-13(19-18)17(12)20/h2-10H,1H3. The van der Waals surface area contributed by atoms with Crippen molar-refractivity contribution in [2.24, 2.45) is 0 Å². The van der Waals surface area contributed by atoms with Crippen molar-refractivity contribution in [3.8, 4) is 17.2 Å². The predicted octanol–water partition coefficient (Wildman–Crippen LogP) is 3.17. The van der Waals surface area contributed by atoms with Crippen molar-refractivity contribution in [2.75, 3.05) is 7.11 Å². The van der Waals surface area contributed by atoms with Crippen molar-refractivity contribution in [3.05, 3.63) is 59.6 Å². The van der Waals surface area contributed by atoms with Crippen LogP contribution in [0, 0.1) is 5.39 Å². The number of ether oxygens (including phenoxy) is 1. The van der Waals surface area contributed by atoms with Gasteiger partial charge in [-0.3, -0.25) is 0 Å². The number of hydrogen-bond donors (Lipinski definition) is 0. The molecule has 25 heavy (non-hydrogen) atoms. The van der Waals surface area contributed by atoms with Crippen molar-refractivity contribution in [1.82, 2.24) is 0 Å². The number of rotatable bonds is 4. The van der Waals surface area contributed by atoms with Crippen LogP contribution in [0.3, 0.4) is 0 Å². The number of fused-ring (bicyclic) bond motifs is 1. The Kier molecular flexibility index (Phi) is 4.17. The minimum atomic E-state index is -4.22. The molecular formula is C17H12N2O5S. The quantitative estimate of drug-likeness (QED) is 0.525. The molecule has 0 aliphatic carbocycles. The number of para-hydroxylation sites is 2. The molecule has 0 radical (unpaired) electrons. The molecule has 7 nitrogen and oxygen atoms in total. The van der Waals surface area contributed by atoms with Gasteiger partial charge in [0.25, 0.3) is 0 Å². The summed E-state index contributed by atoms with van der Waals surface area (Å²) in [6, 6.07) is 13.2.